The maximum absolute atomic E-state index is 12.0. The molecule has 1 fully saturated rings. The van der Waals surface area contributed by atoms with E-state index in [0.717, 1.165) is 12.5 Å². The largest absolute Gasteiger partial charge is 0.491 e. The number of nitro groups is 1. The molecule has 0 aliphatic carbocycles. The Morgan fingerprint density at radius 3 is 2.53 bits per heavy atom. The summed E-state index contributed by atoms with van der Waals surface area (Å²) in [5, 5.41) is 14.5. The quantitative estimate of drug-likeness (QED) is 0.460. The van der Waals surface area contributed by atoms with E-state index in [4.69, 9.17) is 15.2 Å². The Hall–Kier alpha value is -3.04. The van der Waals surface area contributed by atoms with Gasteiger partial charge in [0.15, 0.2) is 5.69 Å². The van der Waals surface area contributed by atoms with E-state index in [2.05, 4.69) is 5.32 Å². The molecule has 1 aliphatic rings. The van der Waals surface area contributed by atoms with Crippen LogP contribution in [0.3, 0.4) is 0 Å². The predicted molar refractivity (Wildman–Crippen MR) is 112 cm³/mol. The number of carbonyl (C=O) groups is 2. The molecule has 0 bridgehead atoms. The highest BCUT2D eigenvalue weighted by Crippen LogP contribution is 2.36. The Labute approximate surface area is 175 Å². The third-order valence-electron chi connectivity index (χ3n) is 4.51. The van der Waals surface area contributed by atoms with Crippen LogP contribution in [-0.2, 0) is 4.74 Å². The molecule has 0 radical (unpaired) electrons. The number of nitrogens with one attached hydrogen (secondary N) is 1. The van der Waals surface area contributed by atoms with Gasteiger partial charge in [-0.2, -0.15) is 0 Å². The van der Waals surface area contributed by atoms with E-state index < -0.39 is 16.4 Å². The van der Waals surface area contributed by atoms with E-state index in [-0.39, 0.29) is 41.3 Å². The van der Waals surface area contributed by atoms with Crippen molar-refractivity contribution in [2.75, 3.05) is 31.6 Å². The molecule has 3 N–H and O–H groups in total. The molecule has 30 heavy (non-hydrogen) atoms. The number of benzene rings is 1. The Bertz CT molecular complexity index is 799. The van der Waals surface area contributed by atoms with Gasteiger partial charge in [0.2, 0.25) is 5.91 Å². The molecule has 1 heterocycles. The van der Waals surface area contributed by atoms with Crippen LogP contribution in [0.5, 0.6) is 5.75 Å². The van der Waals surface area contributed by atoms with Gasteiger partial charge in [0, 0.05) is 31.3 Å². The summed E-state index contributed by atoms with van der Waals surface area (Å²) in [5.41, 5.74) is 4.77. The molecular weight excluding hydrogens is 392 g/mol. The van der Waals surface area contributed by atoms with E-state index in [1.807, 2.05) is 27.7 Å². The highest BCUT2D eigenvalue weighted by atomic mass is 16.6. The first kappa shape index (κ1) is 23.2. The zero-order chi connectivity index (χ0) is 22.5. The monoisotopic (exact) mass is 422 g/mol. The van der Waals surface area contributed by atoms with Crippen LogP contribution in [0, 0.1) is 16.0 Å². The van der Waals surface area contributed by atoms with Gasteiger partial charge in [0.1, 0.15) is 11.4 Å². The summed E-state index contributed by atoms with van der Waals surface area (Å²) in [5.74, 6) is -0.300. The Morgan fingerprint density at radius 1 is 1.33 bits per heavy atom. The van der Waals surface area contributed by atoms with Crippen molar-refractivity contribution < 1.29 is 24.0 Å². The summed E-state index contributed by atoms with van der Waals surface area (Å²) >= 11 is 0. The third-order valence-corrected chi connectivity index (χ3v) is 4.51. The second-order valence-corrected chi connectivity index (χ2v) is 8.31. The highest BCUT2D eigenvalue weighted by Gasteiger charge is 2.33. The third kappa shape index (κ3) is 6.23. The van der Waals surface area contributed by atoms with Crippen LogP contribution in [-0.4, -0.2) is 53.7 Å². The van der Waals surface area contributed by atoms with E-state index in [9.17, 15) is 19.7 Å². The fraction of sp³-hybridized carbons (Fsp3) is 0.600. The highest BCUT2D eigenvalue weighted by molar-refractivity contribution is 5.95. The maximum atomic E-state index is 12.0. The summed E-state index contributed by atoms with van der Waals surface area (Å²) < 4.78 is 11.1. The SMILES string of the molecule is CCCNc1c(OCCC2CN(C(=O)OC(C)(C)C)C2)cc(C(N)=O)cc1[N+](=O)[O-]. The first-order chi connectivity index (χ1) is 14.0. The summed E-state index contributed by atoms with van der Waals surface area (Å²) in [6, 6.07) is 2.57. The number of rotatable bonds is 9. The average molecular weight is 422 g/mol. The van der Waals surface area contributed by atoms with Crippen molar-refractivity contribution in [2.24, 2.45) is 11.7 Å². The first-order valence-corrected chi connectivity index (χ1v) is 9.98. The molecular formula is C20H30N4O6. The van der Waals surface area contributed by atoms with Crippen molar-refractivity contribution in [3.05, 3.63) is 27.8 Å². The minimum Gasteiger partial charge on any atom is -0.491 e. The molecule has 1 aliphatic heterocycles. The lowest BCUT2D eigenvalue weighted by Crippen LogP contribution is -2.51. The topological polar surface area (TPSA) is 137 Å². The fourth-order valence-electron chi connectivity index (χ4n) is 2.99. The Morgan fingerprint density at radius 2 is 2.00 bits per heavy atom. The predicted octanol–water partition coefficient (Wildman–Crippen LogP) is 3.15. The molecule has 10 nitrogen and oxygen atoms in total. The number of carbonyl (C=O) groups excluding carboxylic acids is 2. The van der Waals surface area contributed by atoms with Gasteiger partial charge in [-0.1, -0.05) is 6.92 Å². The number of nitrogens with two attached hydrogens (primary N) is 1. The van der Waals surface area contributed by atoms with Gasteiger partial charge in [-0.15, -0.1) is 0 Å². The summed E-state index contributed by atoms with van der Waals surface area (Å²) in [6.07, 6.45) is 1.08. The van der Waals surface area contributed by atoms with Crippen LogP contribution in [0.1, 0.15) is 50.9 Å². The first-order valence-electron chi connectivity index (χ1n) is 9.98. The van der Waals surface area contributed by atoms with Gasteiger partial charge in [0.25, 0.3) is 5.69 Å². The van der Waals surface area contributed by atoms with Crippen LogP contribution < -0.4 is 15.8 Å². The van der Waals surface area contributed by atoms with E-state index in [0.29, 0.717) is 26.1 Å². The van der Waals surface area contributed by atoms with Crippen LogP contribution in [0.4, 0.5) is 16.2 Å². The zero-order valence-electron chi connectivity index (χ0n) is 17.9. The molecule has 0 saturated carbocycles. The van der Waals surface area contributed by atoms with Crippen molar-refractivity contribution in [1.29, 1.82) is 0 Å². The number of hydrogen-bond acceptors (Lipinski definition) is 7. The van der Waals surface area contributed by atoms with Crippen LogP contribution >= 0.6 is 0 Å². The lowest BCUT2D eigenvalue weighted by atomic mass is 9.97. The van der Waals surface area contributed by atoms with Gasteiger partial charge < -0.3 is 25.4 Å². The van der Waals surface area contributed by atoms with Gasteiger partial charge in [-0.05, 0) is 45.6 Å². The molecule has 1 aromatic carbocycles. The number of nitrogens with zero attached hydrogens (tertiary/aromatic N) is 2. The lowest BCUT2D eigenvalue weighted by Gasteiger charge is -2.39. The average Bonchev–Trinajstić information content (AvgIpc) is 2.59. The van der Waals surface area contributed by atoms with Crippen molar-refractivity contribution in [3.8, 4) is 5.75 Å². The van der Waals surface area contributed by atoms with E-state index in [1.54, 1.807) is 4.90 Å². The zero-order valence-corrected chi connectivity index (χ0v) is 17.9. The smallest absolute Gasteiger partial charge is 0.410 e. The van der Waals surface area contributed by atoms with E-state index in [1.165, 1.54) is 6.07 Å². The molecule has 0 unspecified atom stereocenters. The van der Waals surface area contributed by atoms with E-state index >= 15 is 0 Å². The van der Waals surface area contributed by atoms with Gasteiger partial charge in [-0.3, -0.25) is 14.9 Å². The molecule has 0 spiro atoms. The number of primary amides is 1. The van der Waals surface area contributed by atoms with Crippen LogP contribution in [0.25, 0.3) is 0 Å². The lowest BCUT2D eigenvalue weighted by molar-refractivity contribution is -0.384. The molecule has 0 aromatic heterocycles. The number of hydrogen-bond donors (Lipinski definition) is 2. The molecule has 2 amide bonds. The second kappa shape index (κ2) is 9.64. The number of likely N-dealkylation sites (tertiary alicyclic amines) is 1. The van der Waals surface area contributed by atoms with Crippen molar-refractivity contribution in [3.63, 3.8) is 0 Å². The van der Waals surface area contributed by atoms with Crippen molar-refractivity contribution >= 4 is 23.4 Å². The number of ether oxygens (including phenoxy) is 2. The second-order valence-electron chi connectivity index (χ2n) is 8.31. The molecule has 10 heteroatoms. The van der Waals surface area contributed by atoms with Crippen molar-refractivity contribution in [2.45, 2.75) is 46.1 Å². The molecule has 0 atom stereocenters. The summed E-state index contributed by atoms with van der Waals surface area (Å²) in [7, 11) is 0. The standard InChI is InChI=1S/C20H30N4O6/c1-5-7-22-17-15(24(27)28)9-14(18(21)25)10-16(17)29-8-6-13-11-23(12-13)19(26)30-20(2,3)4/h9-10,13,22H,5-8,11-12H2,1-4H3,(H2,21,25). The Kier molecular flexibility index (Phi) is 7.47. The number of amides is 2. The minimum atomic E-state index is -0.767. The van der Waals surface area contributed by atoms with Crippen LogP contribution in [0.2, 0.25) is 0 Å². The van der Waals surface area contributed by atoms with Crippen molar-refractivity contribution in [1.82, 2.24) is 4.90 Å². The van der Waals surface area contributed by atoms with Gasteiger partial charge in [-0.25, -0.2) is 4.79 Å². The maximum Gasteiger partial charge on any atom is 0.410 e. The summed E-state index contributed by atoms with van der Waals surface area (Å²) in [6.45, 7) is 9.33. The van der Waals surface area contributed by atoms with Gasteiger partial charge in [0.05, 0.1) is 11.5 Å². The molecule has 1 saturated heterocycles. The number of nitro benzene ring substituents is 1. The molecule has 166 valence electrons. The molecule has 1 aromatic rings. The van der Waals surface area contributed by atoms with Gasteiger partial charge >= 0.3 is 6.09 Å². The number of anilines is 1. The summed E-state index contributed by atoms with van der Waals surface area (Å²) in [4.78, 5) is 36.1. The normalized spacial score (nSPS) is 14.1. The Balaban J connectivity index is 2.00. The fourth-order valence-corrected chi connectivity index (χ4v) is 2.99. The molecule has 2 rings (SSSR count). The van der Waals surface area contributed by atoms with Crippen LogP contribution in [0.15, 0.2) is 12.1 Å². The minimum absolute atomic E-state index is 0.0125.